The lowest BCUT2D eigenvalue weighted by atomic mass is 10.0. The van der Waals surface area contributed by atoms with Gasteiger partial charge in [0.15, 0.2) is 0 Å². The number of benzene rings is 2. The maximum absolute atomic E-state index is 12.0. The minimum Gasteiger partial charge on any atom is -0.493 e. The van der Waals surface area contributed by atoms with Crippen molar-refractivity contribution in [2.24, 2.45) is 0 Å². The first kappa shape index (κ1) is 14.1. The summed E-state index contributed by atoms with van der Waals surface area (Å²) in [5, 5.41) is 4.52. The minimum atomic E-state index is -0.411. The molecule has 2 aromatic carbocycles. The second kappa shape index (κ2) is 5.52. The summed E-state index contributed by atoms with van der Waals surface area (Å²) in [6.45, 7) is 2.52. The van der Waals surface area contributed by atoms with Crippen LogP contribution in [0.5, 0.6) is 5.75 Å². The van der Waals surface area contributed by atoms with E-state index in [-0.39, 0.29) is 11.6 Å². The molecule has 1 fully saturated rings. The molecule has 0 unspecified atom stereocenters. The summed E-state index contributed by atoms with van der Waals surface area (Å²) in [5.41, 5.74) is 1.14. The molecule has 3 amide bonds. The van der Waals surface area contributed by atoms with E-state index in [0.29, 0.717) is 6.61 Å². The molecule has 1 N–H and O–H groups in total. The Morgan fingerprint density at radius 1 is 1.14 bits per heavy atom. The number of nitrogens with one attached hydrogen (secondary N) is 1. The van der Waals surface area contributed by atoms with Crippen molar-refractivity contribution >= 4 is 28.8 Å². The molecule has 0 aromatic heterocycles. The number of hydrogen-bond acceptors (Lipinski definition) is 3. The molecule has 22 heavy (non-hydrogen) atoms. The van der Waals surface area contributed by atoms with E-state index in [0.717, 1.165) is 27.0 Å². The number of fused-ring (bicyclic) bond motifs is 1. The second-order valence-electron chi connectivity index (χ2n) is 4.98. The van der Waals surface area contributed by atoms with Gasteiger partial charge >= 0.3 is 6.03 Å². The number of nitrogens with zero attached hydrogens (tertiary/aromatic N) is 1. The van der Waals surface area contributed by atoms with Crippen LogP contribution in [0.1, 0.15) is 12.5 Å². The van der Waals surface area contributed by atoms with Crippen molar-refractivity contribution in [1.29, 1.82) is 0 Å². The van der Waals surface area contributed by atoms with Crippen LogP contribution in [0, 0.1) is 0 Å². The SMILES string of the molecule is CCOc1ccc(/C=C2/NC(=O)N(C)C2=O)c2ccccc12. The standard InChI is InChI=1S/C17H16N2O3/c1-3-22-15-9-8-11(12-6-4-5-7-13(12)15)10-14-16(20)19(2)17(21)18-14/h4-10H,3H2,1-2H3,(H,18,21)/b14-10+. The molecule has 3 rings (SSSR count). The van der Waals surface area contributed by atoms with Gasteiger partial charge in [0.05, 0.1) is 6.61 Å². The first-order chi connectivity index (χ1) is 10.6. The zero-order valence-electron chi connectivity index (χ0n) is 12.4. The molecule has 0 aliphatic carbocycles. The summed E-state index contributed by atoms with van der Waals surface area (Å²) in [6.07, 6.45) is 1.70. The Kier molecular flexibility index (Phi) is 3.55. The lowest BCUT2D eigenvalue weighted by Gasteiger charge is -2.10. The van der Waals surface area contributed by atoms with Gasteiger partial charge < -0.3 is 10.1 Å². The van der Waals surface area contributed by atoms with Crippen LogP contribution in [-0.4, -0.2) is 30.5 Å². The monoisotopic (exact) mass is 296 g/mol. The van der Waals surface area contributed by atoms with Crippen molar-refractivity contribution in [3.63, 3.8) is 0 Å². The van der Waals surface area contributed by atoms with E-state index in [1.165, 1.54) is 7.05 Å². The van der Waals surface area contributed by atoms with Gasteiger partial charge in [-0.05, 0) is 30.0 Å². The number of urea groups is 1. The summed E-state index contributed by atoms with van der Waals surface area (Å²) < 4.78 is 5.63. The number of ether oxygens (including phenoxy) is 1. The van der Waals surface area contributed by atoms with Gasteiger partial charge in [0.2, 0.25) is 0 Å². The summed E-state index contributed by atoms with van der Waals surface area (Å²) >= 11 is 0. The molecule has 112 valence electrons. The fourth-order valence-electron chi connectivity index (χ4n) is 2.48. The molecule has 0 spiro atoms. The molecule has 0 atom stereocenters. The zero-order chi connectivity index (χ0) is 15.7. The van der Waals surface area contributed by atoms with Crippen LogP contribution in [0.25, 0.3) is 16.8 Å². The first-order valence-corrected chi connectivity index (χ1v) is 7.07. The van der Waals surface area contributed by atoms with E-state index in [9.17, 15) is 9.59 Å². The number of rotatable bonds is 3. The Balaban J connectivity index is 2.11. The normalized spacial score (nSPS) is 16.5. The Hall–Kier alpha value is -2.82. The average molecular weight is 296 g/mol. The van der Waals surface area contributed by atoms with Gasteiger partial charge in [-0.25, -0.2) is 4.79 Å². The Bertz CT molecular complexity index is 796. The highest BCUT2D eigenvalue weighted by Crippen LogP contribution is 2.30. The third-order valence-electron chi connectivity index (χ3n) is 3.60. The van der Waals surface area contributed by atoms with Crippen LogP contribution in [0.4, 0.5) is 4.79 Å². The van der Waals surface area contributed by atoms with Crippen molar-refractivity contribution < 1.29 is 14.3 Å². The number of likely N-dealkylation sites (N-methyl/N-ethyl adjacent to an activating group) is 1. The fourth-order valence-corrected chi connectivity index (χ4v) is 2.48. The van der Waals surface area contributed by atoms with Crippen molar-refractivity contribution in [1.82, 2.24) is 10.2 Å². The molecule has 5 heteroatoms. The zero-order valence-corrected chi connectivity index (χ0v) is 12.4. The Morgan fingerprint density at radius 2 is 1.86 bits per heavy atom. The van der Waals surface area contributed by atoms with Crippen molar-refractivity contribution in [3.8, 4) is 5.75 Å². The highest BCUT2D eigenvalue weighted by molar-refractivity contribution is 6.14. The lowest BCUT2D eigenvalue weighted by Crippen LogP contribution is -2.25. The van der Waals surface area contributed by atoms with Crippen LogP contribution >= 0.6 is 0 Å². The molecule has 0 bridgehead atoms. The van der Waals surface area contributed by atoms with E-state index in [4.69, 9.17) is 4.74 Å². The van der Waals surface area contributed by atoms with Gasteiger partial charge in [0.25, 0.3) is 5.91 Å². The quantitative estimate of drug-likeness (QED) is 0.700. The second-order valence-corrected chi connectivity index (χ2v) is 4.98. The maximum atomic E-state index is 12.0. The first-order valence-electron chi connectivity index (χ1n) is 7.07. The van der Waals surface area contributed by atoms with Gasteiger partial charge in [0, 0.05) is 12.4 Å². The molecular weight excluding hydrogens is 280 g/mol. The number of imide groups is 1. The van der Waals surface area contributed by atoms with Crippen LogP contribution < -0.4 is 10.1 Å². The van der Waals surface area contributed by atoms with Crippen molar-refractivity contribution in [2.75, 3.05) is 13.7 Å². The predicted molar refractivity (Wildman–Crippen MR) is 84.4 cm³/mol. The van der Waals surface area contributed by atoms with E-state index < -0.39 is 6.03 Å². The van der Waals surface area contributed by atoms with Crippen molar-refractivity contribution in [2.45, 2.75) is 6.92 Å². The van der Waals surface area contributed by atoms with E-state index in [1.807, 2.05) is 43.3 Å². The summed E-state index contributed by atoms with van der Waals surface area (Å²) in [4.78, 5) is 24.6. The van der Waals surface area contributed by atoms with E-state index in [2.05, 4.69) is 5.32 Å². The number of amides is 3. The molecular formula is C17H16N2O3. The summed E-state index contributed by atoms with van der Waals surface area (Å²) in [6, 6.07) is 11.2. The van der Waals surface area contributed by atoms with Gasteiger partial charge in [-0.3, -0.25) is 9.69 Å². The maximum Gasteiger partial charge on any atom is 0.328 e. The highest BCUT2D eigenvalue weighted by atomic mass is 16.5. The molecule has 0 saturated carbocycles. The minimum absolute atomic E-state index is 0.279. The average Bonchev–Trinajstić information content (AvgIpc) is 2.77. The number of hydrogen-bond donors (Lipinski definition) is 1. The van der Waals surface area contributed by atoms with Gasteiger partial charge in [-0.2, -0.15) is 0 Å². The smallest absolute Gasteiger partial charge is 0.328 e. The summed E-state index contributed by atoms with van der Waals surface area (Å²) in [7, 11) is 1.45. The van der Waals surface area contributed by atoms with Gasteiger partial charge in [0.1, 0.15) is 11.4 Å². The van der Waals surface area contributed by atoms with E-state index in [1.54, 1.807) is 6.08 Å². The van der Waals surface area contributed by atoms with Crippen LogP contribution in [-0.2, 0) is 4.79 Å². The highest BCUT2D eigenvalue weighted by Gasteiger charge is 2.30. The molecule has 1 aliphatic heterocycles. The molecule has 5 nitrogen and oxygen atoms in total. The third kappa shape index (κ3) is 2.30. The molecule has 2 aromatic rings. The molecule has 1 aliphatic rings. The Labute approximate surface area is 128 Å². The van der Waals surface area contributed by atoms with Gasteiger partial charge in [-0.1, -0.05) is 30.3 Å². The molecule has 1 saturated heterocycles. The van der Waals surface area contributed by atoms with Crippen LogP contribution in [0.15, 0.2) is 42.1 Å². The Morgan fingerprint density at radius 3 is 2.50 bits per heavy atom. The molecule has 0 radical (unpaired) electrons. The number of carbonyl (C=O) groups excluding carboxylic acids is 2. The van der Waals surface area contributed by atoms with Crippen LogP contribution in [0.2, 0.25) is 0 Å². The molecule has 1 heterocycles. The van der Waals surface area contributed by atoms with Gasteiger partial charge in [-0.15, -0.1) is 0 Å². The van der Waals surface area contributed by atoms with Crippen molar-refractivity contribution in [3.05, 3.63) is 47.7 Å². The summed E-state index contributed by atoms with van der Waals surface area (Å²) in [5.74, 6) is 0.474. The lowest BCUT2D eigenvalue weighted by molar-refractivity contribution is -0.121. The topological polar surface area (TPSA) is 58.6 Å². The fraction of sp³-hybridized carbons (Fsp3) is 0.176. The largest absolute Gasteiger partial charge is 0.493 e. The number of carbonyl (C=O) groups is 2. The van der Waals surface area contributed by atoms with E-state index >= 15 is 0 Å². The van der Waals surface area contributed by atoms with Crippen LogP contribution in [0.3, 0.4) is 0 Å². The predicted octanol–water partition coefficient (Wildman–Crippen LogP) is 2.76. The third-order valence-corrected chi connectivity index (χ3v) is 3.60.